The Morgan fingerprint density at radius 3 is 1.11 bits per heavy atom. The number of aryl methyl sites for hydroxylation is 2. The van der Waals surface area contributed by atoms with E-state index in [-0.39, 0.29) is 37.2 Å². The number of carboxylic acid groups (broad SMARTS) is 2. The summed E-state index contributed by atoms with van der Waals surface area (Å²) in [6.45, 7) is 2.49. The number of benzene rings is 4. The lowest BCUT2D eigenvalue weighted by Gasteiger charge is -2.39. The number of aliphatic hydroxyl groups is 8. The van der Waals surface area contributed by atoms with Gasteiger partial charge < -0.3 is 111 Å². The van der Waals surface area contributed by atoms with E-state index in [0.29, 0.717) is 11.1 Å². The fraction of sp³-hybridized carbons (Fsp3) is 0.417. The van der Waals surface area contributed by atoms with Gasteiger partial charge in [0.1, 0.15) is 94.5 Å². The van der Waals surface area contributed by atoms with E-state index in [1.807, 2.05) is 13.8 Å². The molecule has 2 aliphatic rings. The monoisotopic (exact) mass is 1050 g/mol. The number of phenolic OH excluding ortho intramolecular Hbond substituents is 8. The van der Waals surface area contributed by atoms with Crippen LogP contribution in [0, 0.1) is 0 Å². The highest BCUT2D eigenvalue weighted by atomic mass is 16.7. The third-order valence-electron chi connectivity index (χ3n) is 11.4. The summed E-state index contributed by atoms with van der Waals surface area (Å²) in [4.78, 5) is 48.4. The first-order valence-corrected chi connectivity index (χ1v) is 22.5. The number of aromatic hydroxyl groups is 8. The maximum atomic E-state index is 12.8. The van der Waals surface area contributed by atoms with Crippen molar-refractivity contribution in [2.24, 2.45) is 0 Å². The first kappa shape index (κ1) is 59.3. The molecule has 406 valence electrons. The maximum Gasteiger partial charge on any atom is 0.308 e. The summed E-state index contributed by atoms with van der Waals surface area (Å²) >= 11 is 0. The van der Waals surface area contributed by atoms with E-state index in [4.69, 9.17) is 18.9 Å². The quantitative estimate of drug-likeness (QED) is 0.0432. The van der Waals surface area contributed by atoms with Crippen molar-refractivity contribution in [3.8, 4) is 57.5 Å². The Labute approximate surface area is 419 Å². The topological polar surface area (TPSA) is 469 Å². The van der Waals surface area contributed by atoms with Gasteiger partial charge in [-0.2, -0.15) is 0 Å². The number of ketones is 2. The molecular formula is C48H58O26. The van der Waals surface area contributed by atoms with Crippen LogP contribution >= 0.6 is 0 Å². The molecule has 0 radical (unpaired) electrons. The van der Waals surface area contributed by atoms with E-state index in [1.165, 1.54) is 36.4 Å². The first-order chi connectivity index (χ1) is 34.9. The minimum atomic E-state index is -1.85. The zero-order chi connectivity index (χ0) is 55.5. The second-order valence-corrected chi connectivity index (χ2v) is 16.5. The van der Waals surface area contributed by atoms with Crippen molar-refractivity contribution < 1.29 is 130 Å². The van der Waals surface area contributed by atoms with Crippen LogP contribution in [-0.2, 0) is 44.7 Å². The number of carbonyl (C=O) groups is 4. The highest BCUT2D eigenvalue weighted by Crippen LogP contribution is 2.43. The summed E-state index contributed by atoms with van der Waals surface area (Å²) in [5, 5.41) is 177. The van der Waals surface area contributed by atoms with Gasteiger partial charge in [0.2, 0.25) is 12.6 Å². The van der Waals surface area contributed by atoms with Gasteiger partial charge in [-0.3, -0.25) is 19.2 Å². The molecule has 18 N–H and O–H groups in total. The van der Waals surface area contributed by atoms with Crippen molar-refractivity contribution >= 4 is 23.5 Å². The molecule has 0 aliphatic carbocycles. The molecule has 6 rings (SSSR count). The molecule has 0 amide bonds. The lowest BCUT2D eigenvalue weighted by Crippen LogP contribution is -2.60. The number of carboxylic acids is 2. The molecule has 0 unspecified atom stereocenters. The van der Waals surface area contributed by atoms with Gasteiger partial charge in [0.05, 0.1) is 26.1 Å². The van der Waals surface area contributed by atoms with E-state index in [0.717, 1.165) is 12.1 Å². The van der Waals surface area contributed by atoms with E-state index in [9.17, 15) is 111 Å². The van der Waals surface area contributed by atoms with Crippen LogP contribution < -0.4 is 9.47 Å². The van der Waals surface area contributed by atoms with E-state index in [1.54, 1.807) is 0 Å². The van der Waals surface area contributed by atoms with Crippen molar-refractivity contribution in [2.75, 3.05) is 13.2 Å². The number of hydrogen-bond acceptors (Lipinski definition) is 24. The summed E-state index contributed by atoms with van der Waals surface area (Å²) in [7, 11) is 0. The summed E-state index contributed by atoms with van der Waals surface area (Å²) < 4.78 is 21.2. The van der Waals surface area contributed by atoms with Crippen molar-refractivity contribution in [1.82, 2.24) is 0 Å². The number of phenols is 8. The van der Waals surface area contributed by atoms with E-state index < -0.39 is 179 Å². The van der Waals surface area contributed by atoms with Gasteiger partial charge in [0.15, 0.2) is 34.6 Å². The lowest BCUT2D eigenvalue weighted by molar-refractivity contribution is -0.277. The number of rotatable bonds is 18. The lowest BCUT2D eigenvalue weighted by atomic mass is 9.96. The number of aliphatic carboxylic acids is 2. The Bertz CT molecular complexity index is 2440. The predicted octanol–water partition coefficient (Wildman–Crippen LogP) is -0.713. The number of ether oxygens (including phenoxy) is 4. The predicted molar refractivity (Wildman–Crippen MR) is 247 cm³/mol. The molecule has 26 nitrogen and oxygen atoms in total. The number of carbonyl (C=O) groups excluding carboxylic acids is 2. The molecule has 2 heterocycles. The zero-order valence-electron chi connectivity index (χ0n) is 39.4. The van der Waals surface area contributed by atoms with Crippen LogP contribution in [0.25, 0.3) is 0 Å². The summed E-state index contributed by atoms with van der Waals surface area (Å²) in [5.41, 5.74) is -1.13. The Kier molecular flexibility index (Phi) is 20.9. The first-order valence-electron chi connectivity index (χ1n) is 22.5. The molecule has 0 saturated carbocycles. The fourth-order valence-corrected chi connectivity index (χ4v) is 7.54. The molecule has 74 heavy (non-hydrogen) atoms. The second kappa shape index (κ2) is 26.1. The van der Waals surface area contributed by atoms with Crippen molar-refractivity contribution in [3.63, 3.8) is 0 Å². The molecule has 2 fully saturated rings. The highest BCUT2D eigenvalue weighted by Gasteiger charge is 2.46. The molecule has 0 spiro atoms. The molecular weight excluding hydrogens is 993 g/mol. The van der Waals surface area contributed by atoms with Crippen molar-refractivity contribution in [2.45, 2.75) is 114 Å². The summed E-state index contributed by atoms with van der Waals surface area (Å²) in [6.07, 6.45) is -19.0. The Balaban J connectivity index is 0.000000310. The second-order valence-electron chi connectivity index (χ2n) is 16.5. The number of Topliss-reactive ketones (excluding diaryl/α,β-unsaturated/α-hetero) is 2. The van der Waals surface area contributed by atoms with Gasteiger partial charge >= 0.3 is 11.9 Å². The van der Waals surface area contributed by atoms with Gasteiger partial charge in [-0.1, -0.05) is 26.0 Å². The average molecular weight is 1050 g/mol. The molecule has 0 aromatic heterocycles. The van der Waals surface area contributed by atoms with Crippen LogP contribution in [0.3, 0.4) is 0 Å². The molecule has 4 aromatic carbocycles. The summed E-state index contributed by atoms with van der Waals surface area (Å²) in [6, 6.07) is 9.48. The van der Waals surface area contributed by atoms with Crippen LogP contribution in [0.2, 0.25) is 0 Å². The summed E-state index contributed by atoms with van der Waals surface area (Å²) in [5.74, 6) is -10.2. The minimum Gasteiger partial charge on any atom is -0.507 e. The van der Waals surface area contributed by atoms with Gasteiger partial charge in [-0.15, -0.1) is 0 Å². The molecule has 26 heteroatoms. The maximum absolute atomic E-state index is 12.8. The number of aliphatic hydroxyl groups excluding tert-OH is 8. The van der Waals surface area contributed by atoms with Crippen molar-refractivity contribution in [3.05, 3.63) is 81.9 Å². The van der Waals surface area contributed by atoms with Crippen LogP contribution in [0.4, 0.5) is 0 Å². The van der Waals surface area contributed by atoms with Crippen LogP contribution in [0.15, 0.2) is 48.5 Å². The van der Waals surface area contributed by atoms with Gasteiger partial charge in [0.25, 0.3) is 0 Å². The molecule has 4 aromatic rings. The Morgan fingerprint density at radius 2 is 0.811 bits per heavy atom. The Morgan fingerprint density at radius 1 is 0.473 bits per heavy atom. The molecule has 0 bridgehead atoms. The fourth-order valence-electron chi connectivity index (χ4n) is 7.54. The van der Waals surface area contributed by atoms with Crippen LogP contribution in [0.5, 0.6) is 57.5 Å². The third-order valence-corrected chi connectivity index (χ3v) is 11.4. The minimum absolute atomic E-state index is 0.0446. The van der Waals surface area contributed by atoms with Gasteiger partial charge in [0, 0.05) is 36.1 Å². The van der Waals surface area contributed by atoms with E-state index >= 15 is 0 Å². The van der Waals surface area contributed by atoms with Crippen molar-refractivity contribution in [1.29, 1.82) is 0 Å². The standard InChI is InChI=1S/2C23H26O13.C2H6/c2*24-8-16-20(32)21(33)22(34)23(36-16)35-15-7-14(28)18(19(31)10(15)6-17(29)30)12(26)4-2-9-1-3-11(25)13(27)5-9;1-2/h2*1,3,5,7,16,20-25,27-28,31-34H,2,4,6,8H2,(H,29,30);1-2H3/t2*16-,20-,21+,22-,23-;/m11./s1. The van der Waals surface area contributed by atoms with Crippen LogP contribution in [-0.4, -0.2) is 190 Å². The van der Waals surface area contributed by atoms with Crippen LogP contribution in [0.1, 0.15) is 69.7 Å². The highest BCUT2D eigenvalue weighted by molar-refractivity contribution is 6.03. The average Bonchev–Trinajstić information content (AvgIpc) is 3.35. The smallest absolute Gasteiger partial charge is 0.308 e. The SMILES string of the molecule is CC.O=C(O)Cc1c(O[C@@H]2O[C@H](CO)[C@@H](O)[C@H](O)[C@H]2O)cc(O)c(C(=O)CCc2ccc(O)c(O)c2)c1O.O=C(O)Cc1c(O[C@@H]2O[C@H](CO)[C@@H](O)[C@H](O)[C@H]2O)cc(O)c(C(=O)CCc2ccc(O)c(O)c2)c1O. The number of hydrogen-bond donors (Lipinski definition) is 18. The molecule has 2 aliphatic heterocycles. The molecule has 2 saturated heterocycles. The van der Waals surface area contributed by atoms with Gasteiger partial charge in [-0.25, -0.2) is 0 Å². The largest absolute Gasteiger partial charge is 0.507 e. The molecule has 10 atom stereocenters. The van der Waals surface area contributed by atoms with E-state index in [2.05, 4.69) is 0 Å². The third kappa shape index (κ3) is 14.1. The normalized spacial score (nSPS) is 23.3. The zero-order valence-corrected chi connectivity index (χ0v) is 39.4. The Hall–Kier alpha value is -7.24. The van der Waals surface area contributed by atoms with Gasteiger partial charge in [-0.05, 0) is 48.2 Å².